The number of primary amides is 1. The summed E-state index contributed by atoms with van der Waals surface area (Å²) in [6.07, 6.45) is 4.57. The summed E-state index contributed by atoms with van der Waals surface area (Å²) < 4.78 is 13.5. The average molecular weight is 461 g/mol. The van der Waals surface area contributed by atoms with Crippen LogP contribution < -0.4 is 11.1 Å². The van der Waals surface area contributed by atoms with E-state index in [1.165, 1.54) is 23.5 Å². The summed E-state index contributed by atoms with van der Waals surface area (Å²) in [5, 5.41) is 5.11. The molecule has 0 aliphatic heterocycles. The highest BCUT2D eigenvalue weighted by Crippen LogP contribution is 2.33. The number of pyridine rings is 2. The van der Waals surface area contributed by atoms with Gasteiger partial charge in [0.25, 0.3) is 0 Å². The number of hydrogen-bond acceptors (Lipinski definition) is 6. The second kappa shape index (κ2) is 10.1. The van der Waals surface area contributed by atoms with E-state index in [9.17, 15) is 14.0 Å². The number of benzene rings is 1. The summed E-state index contributed by atoms with van der Waals surface area (Å²) in [7, 11) is 0. The number of rotatable bonds is 9. The molecular formula is C25H21FN4O2S. The number of aldehydes is 1. The minimum Gasteiger partial charge on any atom is -0.369 e. The summed E-state index contributed by atoms with van der Waals surface area (Å²) in [4.78, 5) is 33.3. The van der Waals surface area contributed by atoms with Gasteiger partial charge in [-0.2, -0.15) is 0 Å². The second-order valence-electron chi connectivity index (χ2n) is 7.38. The lowest BCUT2D eigenvalue weighted by Gasteiger charge is -2.19. The molecule has 33 heavy (non-hydrogen) atoms. The van der Waals surface area contributed by atoms with Crippen molar-refractivity contribution in [2.45, 2.75) is 12.3 Å². The second-order valence-corrected chi connectivity index (χ2v) is 8.33. The Balaban J connectivity index is 1.71. The van der Waals surface area contributed by atoms with Crippen LogP contribution in [0.2, 0.25) is 0 Å². The van der Waals surface area contributed by atoms with Crippen LogP contribution in [0.1, 0.15) is 32.3 Å². The number of aromatic nitrogens is 2. The number of thiophene rings is 1. The molecule has 0 bridgehead atoms. The van der Waals surface area contributed by atoms with Crippen LogP contribution in [0, 0.1) is 5.82 Å². The maximum Gasteiger partial charge on any atom is 0.229 e. The Bertz CT molecular complexity index is 1280. The molecular weight excluding hydrogens is 439 g/mol. The minimum absolute atomic E-state index is 0.294. The first kappa shape index (κ1) is 22.3. The lowest BCUT2D eigenvalue weighted by Crippen LogP contribution is -2.24. The van der Waals surface area contributed by atoms with Crippen LogP contribution in [-0.4, -0.2) is 28.7 Å². The van der Waals surface area contributed by atoms with Gasteiger partial charge in [-0.1, -0.05) is 24.3 Å². The lowest BCUT2D eigenvalue weighted by atomic mass is 9.91. The number of nitrogens with one attached hydrogen (secondary N) is 1. The van der Waals surface area contributed by atoms with Gasteiger partial charge in [-0.3, -0.25) is 14.6 Å². The molecule has 1 aromatic carbocycles. The van der Waals surface area contributed by atoms with Gasteiger partial charge in [0.05, 0.1) is 16.5 Å². The van der Waals surface area contributed by atoms with Crippen molar-refractivity contribution >= 4 is 29.3 Å². The van der Waals surface area contributed by atoms with Gasteiger partial charge in [0.2, 0.25) is 5.91 Å². The van der Waals surface area contributed by atoms with E-state index in [1.807, 2.05) is 17.5 Å². The maximum atomic E-state index is 13.5. The predicted octanol–water partition coefficient (Wildman–Crippen LogP) is 4.43. The molecule has 1 unspecified atom stereocenters. The van der Waals surface area contributed by atoms with Crippen molar-refractivity contribution in [1.82, 2.24) is 9.97 Å². The Kier molecular flexibility index (Phi) is 6.85. The number of nitrogens with zero attached hydrogens (tertiary/aromatic N) is 2. The summed E-state index contributed by atoms with van der Waals surface area (Å²) in [6.45, 7) is 0.454. The Morgan fingerprint density at radius 3 is 2.79 bits per heavy atom. The molecule has 8 heteroatoms. The standard InChI is InChI=1S/C25H21FN4O2S/c26-18-5-1-3-16(13-18)8-11-29-25-20(23(24(27)32)17-4-2-10-28-14-17)6-7-21(30-25)19-9-12-33-22(19)15-31/h1-7,9-10,12-15,23H,8,11H2,(H2,27,32)(H,29,30). The van der Waals surface area contributed by atoms with Crippen molar-refractivity contribution in [2.24, 2.45) is 5.73 Å². The minimum atomic E-state index is -0.759. The molecule has 4 aromatic rings. The van der Waals surface area contributed by atoms with Crippen LogP contribution in [0.3, 0.4) is 0 Å². The third-order valence-electron chi connectivity index (χ3n) is 5.21. The van der Waals surface area contributed by atoms with Crippen LogP contribution in [0.25, 0.3) is 11.3 Å². The van der Waals surface area contributed by atoms with Crippen molar-refractivity contribution in [3.63, 3.8) is 0 Å². The lowest BCUT2D eigenvalue weighted by molar-refractivity contribution is -0.118. The Hall–Kier alpha value is -3.91. The fraction of sp³-hybridized carbons (Fsp3) is 0.120. The van der Waals surface area contributed by atoms with Gasteiger partial charge in [-0.05, 0) is 53.3 Å². The molecule has 4 rings (SSSR count). The highest BCUT2D eigenvalue weighted by atomic mass is 32.1. The van der Waals surface area contributed by atoms with Crippen molar-refractivity contribution in [3.05, 3.63) is 99.8 Å². The fourth-order valence-corrected chi connectivity index (χ4v) is 4.39. The molecule has 0 aliphatic carbocycles. The van der Waals surface area contributed by atoms with Gasteiger partial charge in [0.15, 0.2) is 6.29 Å². The van der Waals surface area contributed by atoms with E-state index in [4.69, 9.17) is 10.7 Å². The zero-order valence-corrected chi connectivity index (χ0v) is 18.4. The Morgan fingerprint density at radius 1 is 1.18 bits per heavy atom. The zero-order valence-electron chi connectivity index (χ0n) is 17.6. The van der Waals surface area contributed by atoms with E-state index in [0.29, 0.717) is 46.0 Å². The maximum absolute atomic E-state index is 13.5. The number of carbonyl (C=O) groups excluding carboxylic acids is 2. The number of carbonyl (C=O) groups is 2. The van der Waals surface area contributed by atoms with E-state index in [2.05, 4.69) is 10.3 Å². The van der Waals surface area contributed by atoms with E-state index in [-0.39, 0.29) is 5.82 Å². The number of halogens is 1. The summed E-state index contributed by atoms with van der Waals surface area (Å²) in [6, 6.07) is 15.3. The van der Waals surface area contributed by atoms with Crippen LogP contribution in [0.4, 0.5) is 10.2 Å². The molecule has 3 N–H and O–H groups in total. The van der Waals surface area contributed by atoms with Crippen LogP contribution in [-0.2, 0) is 11.2 Å². The number of nitrogens with two attached hydrogens (primary N) is 1. The van der Waals surface area contributed by atoms with Crippen molar-refractivity contribution in [1.29, 1.82) is 0 Å². The van der Waals surface area contributed by atoms with Crippen molar-refractivity contribution in [2.75, 3.05) is 11.9 Å². The number of hydrogen-bond donors (Lipinski definition) is 2. The number of anilines is 1. The van der Waals surface area contributed by atoms with Gasteiger partial charge >= 0.3 is 0 Å². The molecule has 0 radical (unpaired) electrons. The molecule has 1 amide bonds. The van der Waals surface area contributed by atoms with Gasteiger partial charge in [-0.15, -0.1) is 11.3 Å². The average Bonchev–Trinajstić information content (AvgIpc) is 3.30. The van der Waals surface area contributed by atoms with Crippen molar-refractivity contribution < 1.29 is 14.0 Å². The largest absolute Gasteiger partial charge is 0.369 e. The molecule has 1 atom stereocenters. The van der Waals surface area contributed by atoms with E-state index in [1.54, 1.807) is 42.7 Å². The smallest absolute Gasteiger partial charge is 0.229 e. The van der Waals surface area contributed by atoms with Crippen LogP contribution in [0.15, 0.2) is 72.4 Å². The quantitative estimate of drug-likeness (QED) is 0.360. The molecule has 0 spiro atoms. The first-order valence-corrected chi connectivity index (χ1v) is 11.2. The van der Waals surface area contributed by atoms with Crippen LogP contribution >= 0.6 is 11.3 Å². The molecule has 0 saturated heterocycles. The number of amides is 1. The monoisotopic (exact) mass is 460 g/mol. The molecule has 0 saturated carbocycles. The van der Waals surface area contributed by atoms with Gasteiger partial charge in [0, 0.05) is 30.1 Å². The predicted molar refractivity (Wildman–Crippen MR) is 127 cm³/mol. The SMILES string of the molecule is NC(=O)C(c1cccnc1)c1ccc(-c2ccsc2C=O)nc1NCCc1cccc(F)c1. The fourth-order valence-electron chi connectivity index (χ4n) is 3.68. The third-order valence-corrected chi connectivity index (χ3v) is 6.06. The van der Waals surface area contributed by atoms with Crippen LogP contribution in [0.5, 0.6) is 0 Å². The topological polar surface area (TPSA) is 98.0 Å². The highest BCUT2D eigenvalue weighted by molar-refractivity contribution is 7.12. The van der Waals surface area contributed by atoms with E-state index < -0.39 is 11.8 Å². The summed E-state index contributed by atoms with van der Waals surface area (Å²) >= 11 is 1.33. The Morgan fingerprint density at radius 2 is 2.06 bits per heavy atom. The summed E-state index contributed by atoms with van der Waals surface area (Å²) in [5.74, 6) is -1.11. The molecule has 0 fully saturated rings. The molecule has 0 aliphatic rings. The molecule has 166 valence electrons. The van der Waals surface area contributed by atoms with Gasteiger partial charge < -0.3 is 11.1 Å². The third kappa shape index (κ3) is 5.12. The Labute approximate surface area is 194 Å². The zero-order chi connectivity index (χ0) is 23.2. The van der Waals surface area contributed by atoms with Gasteiger partial charge in [-0.25, -0.2) is 9.37 Å². The van der Waals surface area contributed by atoms with E-state index in [0.717, 1.165) is 11.8 Å². The van der Waals surface area contributed by atoms with E-state index >= 15 is 0 Å². The highest BCUT2D eigenvalue weighted by Gasteiger charge is 2.25. The molecule has 6 nitrogen and oxygen atoms in total. The first-order valence-electron chi connectivity index (χ1n) is 10.3. The van der Waals surface area contributed by atoms with Gasteiger partial charge in [0.1, 0.15) is 11.6 Å². The first-order chi connectivity index (χ1) is 16.1. The normalized spacial score (nSPS) is 11.7. The molecule has 3 heterocycles. The summed E-state index contributed by atoms with van der Waals surface area (Å²) in [5.41, 5.74) is 9.17. The van der Waals surface area contributed by atoms with Crippen molar-refractivity contribution in [3.8, 4) is 11.3 Å². The molecule has 3 aromatic heterocycles.